The van der Waals surface area contributed by atoms with Gasteiger partial charge in [-0.1, -0.05) is 36.8 Å². The van der Waals surface area contributed by atoms with E-state index in [1.165, 1.54) is 25.7 Å². The minimum atomic E-state index is -3.40. The number of benzene rings is 2. The van der Waals surface area contributed by atoms with Crippen LogP contribution in [0.5, 0.6) is 0 Å². The van der Waals surface area contributed by atoms with Gasteiger partial charge >= 0.3 is 0 Å². The van der Waals surface area contributed by atoms with Crippen LogP contribution in [0.4, 0.5) is 0 Å². The zero-order valence-electron chi connectivity index (χ0n) is 15.0. The van der Waals surface area contributed by atoms with Crippen LogP contribution in [0.2, 0.25) is 0 Å². The van der Waals surface area contributed by atoms with Crippen LogP contribution >= 0.6 is 0 Å². The van der Waals surface area contributed by atoms with Crippen LogP contribution in [0, 0.1) is 11.8 Å². The predicted molar refractivity (Wildman–Crippen MR) is 104 cm³/mol. The molecule has 4 nitrogen and oxygen atoms in total. The molecule has 0 spiro atoms. The lowest BCUT2D eigenvalue weighted by molar-refractivity contribution is 0.101. The summed E-state index contributed by atoms with van der Waals surface area (Å²) in [7, 11) is -3.40. The molecule has 2 aliphatic carbocycles. The van der Waals surface area contributed by atoms with Gasteiger partial charge in [0, 0.05) is 32.2 Å². The molecular weight excluding hydrogens is 344 g/mol. The van der Waals surface area contributed by atoms with Crippen LogP contribution in [0.15, 0.2) is 47.4 Å². The van der Waals surface area contributed by atoms with Gasteiger partial charge in [0.15, 0.2) is 0 Å². The molecular formula is C21H26N2O2S. The van der Waals surface area contributed by atoms with Gasteiger partial charge in [-0.3, -0.25) is 4.90 Å². The summed E-state index contributed by atoms with van der Waals surface area (Å²) < 4.78 is 27.9. The summed E-state index contributed by atoms with van der Waals surface area (Å²) in [5, 5.41) is 2.06. The fraction of sp³-hybridized carbons (Fsp3) is 0.524. The quantitative estimate of drug-likeness (QED) is 0.832. The monoisotopic (exact) mass is 370 g/mol. The van der Waals surface area contributed by atoms with Gasteiger partial charge in [0.05, 0.1) is 4.90 Å². The first-order chi connectivity index (χ1) is 12.6. The molecule has 0 amide bonds. The number of sulfonamides is 1. The number of rotatable bonds is 3. The van der Waals surface area contributed by atoms with Gasteiger partial charge in [0.1, 0.15) is 0 Å². The van der Waals surface area contributed by atoms with Gasteiger partial charge in [0.2, 0.25) is 10.0 Å². The Bertz CT molecular complexity index is 919. The smallest absolute Gasteiger partial charge is 0.243 e. The summed E-state index contributed by atoms with van der Waals surface area (Å²) in [6, 6.07) is 14.1. The second-order valence-electron chi connectivity index (χ2n) is 8.19. The van der Waals surface area contributed by atoms with E-state index in [2.05, 4.69) is 4.90 Å². The van der Waals surface area contributed by atoms with Crippen molar-refractivity contribution < 1.29 is 8.42 Å². The molecule has 3 aliphatic rings. The highest BCUT2D eigenvalue weighted by molar-refractivity contribution is 7.89. The summed E-state index contributed by atoms with van der Waals surface area (Å²) in [5.74, 6) is 1.80. The zero-order chi connectivity index (χ0) is 17.7. The van der Waals surface area contributed by atoms with Crippen molar-refractivity contribution in [3.8, 4) is 0 Å². The Morgan fingerprint density at radius 3 is 2.31 bits per heavy atom. The maximum Gasteiger partial charge on any atom is 0.243 e. The number of piperazine rings is 1. The van der Waals surface area contributed by atoms with E-state index in [4.69, 9.17) is 0 Å². The van der Waals surface area contributed by atoms with Gasteiger partial charge in [-0.05, 0) is 54.0 Å². The van der Waals surface area contributed by atoms with Crippen molar-refractivity contribution in [3.63, 3.8) is 0 Å². The first kappa shape index (κ1) is 16.7. The summed E-state index contributed by atoms with van der Waals surface area (Å²) in [6.07, 6.45) is 5.53. The Hall–Kier alpha value is -1.43. The molecule has 5 heteroatoms. The molecule has 2 bridgehead atoms. The van der Waals surface area contributed by atoms with E-state index in [0.717, 1.165) is 35.7 Å². The van der Waals surface area contributed by atoms with E-state index in [1.54, 1.807) is 10.4 Å². The van der Waals surface area contributed by atoms with E-state index < -0.39 is 10.0 Å². The fourth-order valence-corrected chi connectivity index (χ4v) is 6.87. The van der Waals surface area contributed by atoms with Gasteiger partial charge in [-0.2, -0.15) is 4.31 Å². The number of nitrogens with zero attached hydrogens (tertiary/aromatic N) is 2. The summed E-state index contributed by atoms with van der Waals surface area (Å²) in [6.45, 7) is 2.98. The molecule has 3 atom stereocenters. The van der Waals surface area contributed by atoms with Crippen molar-refractivity contribution in [2.45, 2.75) is 36.6 Å². The third-order valence-corrected chi connectivity index (χ3v) is 8.70. The highest BCUT2D eigenvalue weighted by Gasteiger charge is 2.43. The third kappa shape index (κ3) is 2.77. The third-order valence-electron chi connectivity index (χ3n) is 6.80. The highest BCUT2D eigenvalue weighted by atomic mass is 32.2. The Kier molecular flexibility index (Phi) is 4.07. The zero-order valence-corrected chi connectivity index (χ0v) is 15.9. The lowest BCUT2D eigenvalue weighted by Gasteiger charge is -2.40. The molecule has 1 heterocycles. The normalized spacial score (nSPS) is 30.2. The summed E-state index contributed by atoms with van der Waals surface area (Å²) in [5.41, 5.74) is 0. The molecule has 2 saturated carbocycles. The van der Waals surface area contributed by atoms with Crippen LogP contribution in [0.25, 0.3) is 10.8 Å². The molecule has 1 aliphatic heterocycles. The van der Waals surface area contributed by atoms with Gasteiger partial charge < -0.3 is 0 Å². The summed E-state index contributed by atoms with van der Waals surface area (Å²) in [4.78, 5) is 2.99. The average molecular weight is 371 g/mol. The topological polar surface area (TPSA) is 40.6 Å². The molecule has 5 rings (SSSR count). The molecule has 0 N–H and O–H groups in total. The standard InChI is InChI=1S/C21H26N2O2S/c24-26(25,20-8-7-17-3-1-2-4-18(17)15-20)23-11-9-22(10-12-23)21-14-16-5-6-19(21)13-16/h1-4,7-8,15-16,19,21H,5-6,9-14H2/t16-,19-,21+/m0/s1. The Labute approximate surface area is 155 Å². The largest absolute Gasteiger partial charge is 0.297 e. The molecule has 2 aromatic rings. The van der Waals surface area contributed by atoms with E-state index in [-0.39, 0.29) is 0 Å². The number of hydrogen-bond acceptors (Lipinski definition) is 3. The first-order valence-corrected chi connectivity index (χ1v) is 11.3. The first-order valence-electron chi connectivity index (χ1n) is 9.84. The lowest BCUT2D eigenvalue weighted by Crippen LogP contribution is -2.53. The van der Waals surface area contributed by atoms with Crippen LogP contribution in [-0.4, -0.2) is 49.8 Å². The number of fused-ring (bicyclic) bond motifs is 3. The van der Waals surface area contributed by atoms with Crippen molar-refractivity contribution in [1.82, 2.24) is 9.21 Å². The molecule has 0 aromatic heterocycles. The van der Waals surface area contributed by atoms with E-state index in [0.29, 0.717) is 24.0 Å². The Balaban J connectivity index is 1.31. The minimum absolute atomic E-state index is 0.421. The molecule has 26 heavy (non-hydrogen) atoms. The SMILES string of the molecule is O=S(=O)(c1ccc2ccccc2c1)N1CCN([C@@H]2C[C@H]3CC[C@H]2C3)CC1. The van der Waals surface area contributed by atoms with Gasteiger partial charge in [-0.15, -0.1) is 0 Å². The van der Waals surface area contributed by atoms with Crippen LogP contribution in [0.1, 0.15) is 25.7 Å². The van der Waals surface area contributed by atoms with Crippen LogP contribution < -0.4 is 0 Å². The maximum atomic E-state index is 13.1. The maximum absolute atomic E-state index is 13.1. The molecule has 0 radical (unpaired) electrons. The molecule has 2 aromatic carbocycles. The van der Waals surface area contributed by atoms with E-state index in [1.807, 2.05) is 36.4 Å². The van der Waals surface area contributed by atoms with Crippen molar-refractivity contribution in [3.05, 3.63) is 42.5 Å². The second kappa shape index (κ2) is 6.32. The molecule has 3 fully saturated rings. The fourth-order valence-electron chi connectivity index (χ4n) is 5.41. The van der Waals surface area contributed by atoms with Gasteiger partial charge in [-0.25, -0.2) is 8.42 Å². The lowest BCUT2D eigenvalue weighted by atomic mass is 9.93. The van der Waals surface area contributed by atoms with E-state index in [9.17, 15) is 8.42 Å². The predicted octanol–water partition coefficient (Wildman–Crippen LogP) is 3.33. The molecule has 138 valence electrons. The minimum Gasteiger partial charge on any atom is -0.297 e. The highest BCUT2D eigenvalue weighted by Crippen LogP contribution is 2.46. The van der Waals surface area contributed by atoms with Crippen molar-refractivity contribution in [2.75, 3.05) is 26.2 Å². The van der Waals surface area contributed by atoms with E-state index >= 15 is 0 Å². The van der Waals surface area contributed by atoms with Crippen molar-refractivity contribution in [2.24, 2.45) is 11.8 Å². The Morgan fingerprint density at radius 1 is 0.846 bits per heavy atom. The number of hydrogen-bond donors (Lipinski definition) is 0. The second-order valence-corrected chi connectivity index (χ2v) is 10.1. The summed E-state index contributed by atoms with van der Waals surface area (Å²) >= 11 is 0. The Morgan fingerprint density at radius 2 is 1.62 bits per heavy atom. The van der Waals surface area contributed by atoms with Crippen LogP contribution in [0.3, 0.4) is 0 Å². The average Bonchev–Trinajstić information content (AvgIpc) is 3.31. The van der Waals surface area contributed by atoms with Crippen LogP contribution in [-0.2, 0) is 10.0 Å². The van der Waals surface area contributed by atoms with Gasteiger partial charge in [0.25, 0.3) is 0 Å². The van der Waals surface area contributed by atoms with Crippen molar-refractivity contribution in [1.29, 1.82) is 0 Å². The molecule has 1 saturated heterocycles. The molecule has 0 unspecified atom stereocenters. The van der Waals surface area contributed by atoms with Crippen molar-refractivity contribution >= 4 is 20.8 Å².